The Kier molecular flexibility index (Phi) is 7.91. The number of methoxy groups -OCH3 is 5. The van der Waals surface area contributed by atoms with Crippen LogP contribution in [0.4, 0.5) is 0 Å². The number of fused-ring (bicyclic) bond motifs is 1. The molecule has 10 heteroatoms. The van der Waals surface area contributed by atoms with Gasteiger partial charge in [0, 0.05) is 23.9 Å². The first kappa shape index (κ1) is 27.3. The monoisotopic (exact) mass is 533 g/mol. The molecule has 0 radical (unpaired) electrons. The van der Waals surface area contributed by atoms with Gasteiger partial charge in [-0.3, -0.25) is 4.79 Å². The number of nitrogens with zero attached hydrogens (tertiary/aromatic N) is 2. The topological polar surface area (TPSA) is 127 Å². The highest BCUT2D eigenvalue weighted by molar-refractivity contribution is 5.64. The molecular formula is C29H31N3O7. The van der Waals surface area contributed by atoms with Crippen LogP contribution in [0.15, 0.2) is 52.6 Å². The first-order chi connectivity index (χ1) is 18.8. The van der Waals surface area contributed by atoms with Crippen LogP contribution >= 0.6 is 0 Å². The Morgan fingerprint density at radius 1 is 0.923 bits per heavy atom. The Bertz CT molecular complexity index is 1540. The number of benzene rings is 2. The number of aromatic nitrogens is 1. The number of nitriles is 1. The van der Waals surface area contributed by atoms with Crippen molar-refractivity contribution in [3.63, 3.8) is 0 Å². The average Bonchev–Trinajstić information content (AvgIpc) is 2.95. The van der Waals surface area contributed by atoms with E-state index in [4.69, 9.17) is 34.2 Å². The molecule has 2 aromatic carbocycles. The summed E-state index contributed by atoms with van der Waals surface area (Å²) >= 11 is 0. The number of hydrogen-bond donors (Lipinski definition) is 1. The molecule has 1 aliphatic heterocycles. The lowest BCUT2D eigenvalue weighted by molar-refractivity contribution is 0.321. The molecule has 10 nitrogen and oxygen atoms in total. The summed E-state index contributed by atoms with van der Waals surface area (Å²) in [7, 11) is 7.64. The van der Waals surface area contributed by atoms with Gasteiger partial charge in [0.15, 0.2) is 23.0 Å². The first-order valence-corrected chi connectivity index (χ1v) is 12.1. The minimum absolute atomic E-state index is 0.0753. The lowest BCUT2D eigenvalue weighted by Crippen LogP contribution is -2.33. The van der Waals surface area contributed by atoms with Crippen LogP contribution in [0.3, 0.4) is 0 Å². The summed E-state index contributed by atoms with van der Waals surface area (Å²) in [6.45, 7) is 2.20. The first-order valence-electron chi connectivity index (χ1n) is 12.1. The van der Waals surface area contributed by atoms with Crippen molar-refractivity contribution in [3.05, 3.63) is 80.6 Å². The second-order valence-corrected chi connectivity index (χ2v) is 8.81. The fourth-order valence-electron chi connectivity index (χ4n) is 4.90. The van der Waals surface area contributed by atoms with Crippen LogP contribution < -0.4 is 39.7 Å². The number of hydrogen-bond acceptors (Lipinski definition) is 9. The molecule has 0 fully saturated rings. The summed E-state index contributed by atoms with van der Waals surface area (Å²) in [5, 5.41) is 10.1. The molecule has 0 spiro atoms. The molecule has 0 saturated carbocycles. The quantitative estimate of drug-likeness (QED) is 0.438. The van der Waals surface area contributed by atoms with Gasteiger partial charge in [-0.05, 0) is 37.1 Å². The van der Waals surface area contributed by atoms with Gasteiger partial charge in [0.05, 0.1) is 47.0 Å². The van der Waals surface area contributed by atoms with Crippen LogP contribution in [0.2, 0.25) is 0 Å². The maximum atomic E-state index is 14.1. The van der Waals surface area contributed by atoms with E-state index in [0.29, 0.717) is 58.7 Å². The molecule has 3 aromatic rings. The SMILES string of the molecule is COc1ccc(CCn2c(C)cc3c(c2=O)[C@H](c2ccc(OC)c(OC)c2OC)C(C#N)=C(N)O3)cc1OC. The predicted molar refractivity (Wildman–Crippen MR) is 144 cm³/mol. The van der Waals surface area contributed by atoms with Crippen molar-refractivity contribution in [2.75, 3.05) is 35.5 Å². The third-order valence-electron chi connectivity index (χ3n) is 6.81. The molecule has 0 bridgehead atoms. The van der Waals surface area contributed by atoms with E-state index in [1.165, 1.54) is 21.3 Å². The predicted octanol–water partition coefficient (Wildman–Crippen LogP) is 3.66. The summed E-state index contributed by atoms with van der Waals surface area (Å²) in [5.74, 6) is 1.70. The van der Waals surface area contributed by atoms with E-state index in [0.717, 1.165) is 5.56 Å². The normalized spacial score (nSPS) is 14.1. The van der Waals surface area contributed by atoms with Gasteiger partial charge in [-0.2, -0.15) is 5.26 Å². The van der Waals surface area contributed by atoms with Gasteiger partial charge < -0.3 is 38.7 Å². The van der Waals surface area contributed by atoms with E-state index in [1.807, 2.05) is 25.1 Å². The second-order valence-electron chi connectivity index (χ2n) is 8.81. The summed E-state index contributed by atoms with van der Waals surface area (Å²) in [6, 6.07) is 13.0. The average molecular weight is 534 g/mol. The fourth-order valence-corrected chi connectivity index (χ4v) is 4.90. The van der Waals surface area contributed by atoms with Crippen LogP contribution in [-0.2, 0) is 13.0 Å². The Hall–Kier alpha value is -4.78. The highest BCUT2D eigenvalue weighted by Crippen LogP contribution is 2.49. The molecule has 204 valence electrons. The van der Waals surface area contributed by atoms with Gasteiger partial charge in [-0.1, -0.05) is 12.1 Å². The van der Waals surface area contributed by atoms with Crippen LogP contribution in [0.5, 0.6) is 34.5 Å². The number of pyridine rings is 1. The molecule has 1 aromatic heterocycles. The number of allylic oxidation sites excluding steroid dienone is 1. The summed E-state index contributed by atoms with van der Waals surface area (Å²) in [6.07, 6.45) is 0.550. The third-order valence-corrected chi connectivity index (χ3v) is 6.81. The molecule has 1 atom stereocenters. The zero-order chi connectivity index (χ0) is 28.3. The van der Waals surface area contributed by atoms with Crippen LogP contribution in [0, 0.1) is 18.3 Å². The summed E-state index contributed by atoms with van der Waals surface area (Å²) in [5.41, 5.74) is 8.43. The van der Waals surface area contributed by atoms with Gasteiger partial charge >= 0.3 is 0 Å². The molecule has 0 aliphatic carbocycles. The van der Waals surface area contributed by atoms with Crippen LogP contribution in [-0.4, -0.2) is 40.1 Å². The number of nitrogens with two attached hydrogens (primary N) is 1. The van der Waals surface area contributed by atoms with Crippen LogP contribution in [0.25, 0.3) is 0 Å². The van der Waals surface area contributed by atoms with Gasteiger partial charge in [0.1, 0.15) is 17.4 Å². The van der Waals surface area contributed by atoms with E-state index in [1.54, 1.807) is 37.0 Å². The highest BCUT2D eigenvalue weighted by atomic mass is 16.5. The zero-order valence-corrected chi connectivity index (χ0v) is 22.8. The molecule has 0 amide bonds. The van der Waals surface area contributed by atoms with Gasteiger partial charge in [-0.25, -0.2) is 0 Å². The molecule has 0 saturated heterocycles. The lowest BCUT2D eigenvalue weighted by atomic mass is 9.83. The van der Waals surface area contributed by atoms with E-state index in [2.05, 4.69) is 6.07 Å². The third kappa shape index (κ3) is 4.79. The molecule has 2 heterocycles. The maximum absolute atomic E-state index is 14.1. The maximum Gasteiger partial charge on any atom is 0.258 e. The van der Waals surface area contributed by atoms with Crippen molar-refractivity contribution < 1.29 is 28.4 Å². The van der Waals surface area contributed by atoms with Gasteiger partial charge in [0.2, 0.25) is 11.6 Å². The molecular weight excluding hydrogens is 502 g/mol. The number of aryl methyl sites for hydroxylation is 2. The summed E-state index contributed by atoms with van der Waals surface area (Å²) < 4.78 is 34.9. The van der Waals surface area contributed by atoms with Crippen LogP contribution in [0.1, 0.15) is 28.3 Å². The zero-order valence-electron chi connectivity index (χ0n) is 22.8. The molecule has 39 heavy (non-hydrogen) atoms. The highest BCUT2D eigenvalue weighted by Gasteiger charge is 2.37. The Morgan fingerprint density at radius 2 is 1.59 bits per heavy atom. The van der Waals surface area contributed by atoms with E-state index >= 15 is 0 Å². The minimum Gasteiger partial charge on any atom is -0.493 e. The van der Waals surface area contributed by atoms with Crippen molar-refractivity contribution >= 4 is 0 Å². The van der Waals surface area contributed by atoms with Gasteiger partial charge in [0.25, 0.3) is 5.56 Å². The smallest absolute Gasteiger partial charge is 0.258 e. The molecule has 1 aliphatic rings. The standard InChI is InChI=1S/C29H31N3O7/c1-16-13-23-25(29(33)32(16)12-11-17-7-9-20(34-2)22(14-17)36-4)24(19(15-30)28(31)39-23)18-8-10-21(35-3)27(38-6)26(18)37-5/h7-10,13-14,24H,11-12,31H2,1-6H3/t24-/m1/s1. The van der Waals surface area contributed by atoms with Gasteiger partial charge in [-0.15, -0.1) is 0 Å². The Labute approximate surface area is 226 Å². The largest absolute Gasteiger partial charge is 0.493 e. The molecule has 4 rings (SSSR count). The van der Waals surface area contributed by atoms with E-state index in [9.17, 15) is 10.1 Å². The minimum atomic E-state index is -0.853. The second kappa shape index (κ2) is 11.3. The summed E-state index contributed by atoms with van der Waals surface area (Å²) in [4.78, 5) is 14.1. The fraction of sp³-hybridized carbons (Fsp3) is 0.310. The molecule has 2 N–H and O–H groups in total. The number of ether oxygens (including phenoxy) is 6. The van der Waals surface area contributed by atoms with Crippen molar-refractivity contribution in [2.24, 2.45) is 5.73 Å². The lowest BCUT2D eigenvalue weighted by Gasteiger charge is -2.29. The Morgan fingerprint density at radius 3 is 2.21 bits per heavy atom. The molecule has 0 unspecified atom stereocenters. The van der Waals surface area contributed by atoms with E-state index in [-0.39, 0.29) is 22.6 Å². The Balaban J connectivity index is 1.85. The van der Waals surface area contributed by atoms with Crippen molar-refractivity contribution in [1.29, 1.82) is 5.26 Å². The van der Waals surface area contributed by atoms with E-state index < -0.39 is 5.92 Å². The van der Waals surface area contributed by atoms with Crippen molar-refractivity contribution in [3.8, 4) is 40.6 Å². The number of rotatable bonds is 9. The van der Waals surface area contributed by atoms with Crippen molar-refractivity contribution in [2.45, 2.75) is 25.8 Å². The van der Waals surface area contributed by atoms with Crippen molar-refractivity contribution in [1.82, 2.24) is 4.57 Å².